The Labute approximate surface area is 154 Å². The zero-order valence-corrected chi connectivity index (χ0v) is 15.5. The van der Waals surface area contributed by atoms with Crippen LogP contribution in [-0.4, -0.2) is 47.1 Å². The second-order valence-corrected chi connectivity index (χ2v) is 6.63. The van der Waals surface area contributed by atoms with Crippen LogP contribution in [0.15, 0.2) is 36.5 Å². The van der Waals surface area contributed by atoms with Gasteiger partial charge in [0.1, 0.15) is 6.10 Å². The number of nitrogens with zero attached hydrogens (tertiary/aromatic N) is 3. The average Bonchev–Trinajstić information content (AvgIpc) is 2.62. The molecule has 0 radical (unpaired) electrons. The number of ether oxygens (including phenoxy) is 2. The summed E-state index contributed by atoms with van der Waals surface area (Å²) in [5.74, 6) is 0.589. The first-order valence-corrected chi connectivity index (χ1v) is 8.82. The van der Waals surface area contributed by atoms with Crippen molar-refractivity contribution in [3.8, 4) is 11.9 Å². The zero-order chi connectivity index (χ0) is 16.9. The van der Waals surface area contributed by atoms with Crippen LogP contribution < -0.4 is 9.47 Å². The highest BCUT2D eigenvalue weighted by atomic mass is 127. The summed E-state index contributed by atoms with van der Waals surface area (Å²) in [7, 11) is 1.52. The quantitative estimate of drug-likeness (QED) is 0.686. The van der Waals surface area contributed by atoms with Crippen molar-refractivity contribution < 1.29 is 14.3 Å². The lowest BCUT2D eigenvalue weighted by molar-refractivity contribution is 0.0585. The molecule has 6 nitrogen and oxygen atoms in total. The van der Waals surface area contributed by atoms with Crippen LogP contribution in [0, 0.1) is 3.57 Å². The molecule has 1 aromatic carbocycles. The van der Waals surface area contributed by atoms with Crippen molar-refractivity contribution in [3.05, 3.63) is 45.7 Å². The minimum atomic E-state index is 0.0449. The number of likely N-dealkylation sites (tertiary alicyclic amines) is 1. The molecule has 1 aliphatic heterocycles. The Morgan fingerprint density at radius 1 is 1.25 bits per heavy atom. The molecule has 1 fully saturated rings. The highest BCUT2D eigenvalue weighted by molar-refractivity contribution is 14.1. The fourth-order valence-corrected chi connectivity index (χ4v) is 3.26. The summed E-state index contributed by atoms with van der Waals surface area (Å²) in [5.41, 5.74) is 0.762. The molecule has 0 atom stereocenters. The molecule has 24 heavy (non-hydrogen) atoms. The largest absolute Gasteiger partial charge is 0.474 e. The van der Waals surface area contributed by atoms with Gasteiger partial charge in [0.05, 0.1) is 12.7 Å². The standard InChI is InChI=1S/C17H18IN3O3/c1-23-17-19-9-6-15(20-17)24-12-7-10-21(11-8-12)16(22)13-4-2-3-5-14(13)18/h2-6,9,12H,7-8,10-11H2,1H3. The van der Waals surface area contributed by atoms with Crippen LogP contribution in [0.2, 0.25) is 0 Å². The highest BCUT2D eigenvalue weighted by Gasteiger charge is 2.25. The second-order valence-electron chi connectivity index (χ2n) is 5.47. The average molecular weight is 439 g/mol. The number of aromatic nitrogens is 2. The smallest absolute Gasteiger partial charge is 0.319 e. The van der Waals surface area contributed by atoms with Crippen LogP contribution in [0.5, 0.6) is 11.9 Å². The molecule has 1 aliphatic rings. The van der Waals surface area contributed by atoms with Gasteiger partial charge in [-0.3, -0.25) is 4.79 Å². The molecular weight excluding hydrogens is 421 g/mol. The van der Waals surface area contributed by atoms with Crippen LogP contribution >= 0.6 is 22.6 Å². The molecule has 126 valence electrons. The molecule has 0 aliphatic carbocycles. The first-order valence-electron chi connectivity index (χ1n) is 7.75. The van der Waals surface area contributed by atoms with Gasteiger partial charge in [0, 0.05) is 41.8 Å². The molecule has 0 spiro atoms. The fourth-order valence-electron chi connectivity index (χ4n) is 2.64. The fraction of sp³-hybridized carbons (Fsp3) is 0.353. The normalized spacial score (nSPS) is 15.2. The van der Waals surface area contributed by atoms with Gasteiger partial charge in [-0.25, -0.2) is 4.98 Å². The van der Waals surface area contributed by atoms with Crippen molar-refractivity contribution in [3.63, 3.8) is 0 Å². The molecule has 1 saturated heterocycles. The molecule has 3 rings (SSSR count). The lowest BCUT2D eigenvalue weighted by Gasteiger charge is -2.32. The lowest BCUT2D eigenvalue weighted by atomic mass is 10.1. The minimum Gasteiger partial charge on any atom is -0.474 e. The van der Waals surface area contributed by atoms with Gasteiger partial charge in [0.2, 0.25) is 5.88 Å². The van der Waals surface area contributed by atoms with Gasteiger partial charge in [0.15, 0.2) is 0 Å². The maximum absolute atomic E-state index is 12.6. The summed E-state index contributed by atoms with van der Waals surface area (Å²) >= 11 is 2.20. The third kappa shape index (κ3) is 3.95. The number of methoxy groups -OCH3 is 1. The molecule has 7 heteroatoms. The van der Waals surface area contributed by atoms with Crippen molar-refractivity contribution >= 4 is 28.5 Å². The third-order valence-corrected chi connectivity index (χ3v) is 4.85. The Bertz CT molecular complexity index is 718. The van der Waals surface area contributed by atoms with E-state index in [1.165, 1.54) is 7.11 Å². The summed E-state index contributed by atoms with van der Waals surface area (Å²) in [6.07, 6.45) is 3.21. The van der Waals surface area contributed by atoms with Crippen molar-refractivity contribution in [1.29, 1.82) is 0 Å². The van der Waals surface area contributed by atoms with Gasteiger partial charge >= 0.3 is 6.01 Å². The molecule has 1 aromatic heterocycles. The van der Waals surface area contributed by atoms with Crippen LogP contribution in [0.3, 0.4) is 0 Å². The van der Waals surface area contributed by atoms with Crippen molar-refractivity contribution in [2.45, 2.75) is 18.9 Å². The van der Waals surface area contributed by atoms with E-state index >= 15 is 0 Å². The lowest BCUT2D eigenvalue weighted by Crippen LogP contribution is -2.42. The third-order valence-electron chi connectivity index (χ3n) is 3.91. The molecular formula is C17H18IN3O3. The number of rotatable bonds is 4. The Hall–Kier alpha value is -1.90. The predicted molar refractivity (Wildman–Crippen MR) is 97.3 cm³/mol. The van der Waals surface area contributed by atoms with Crippen LogP contribution in [0.1, 0.15) is 23.2 Å². The summed E-state index contributed by atoms with van der Waals surface area (Å²) in [6.45, 7) is 1.35. The molecule has 0 saturated carbocycles. The Morgan fingerprint density at radius 2 is 2.00 bits per heavy atom. The zero-order valence-electron chi connectivity index (χ0n) is 13.3. The van der Waals surface area contributed by atoms with E-state index in [9.17, 15) is 4.79 Å². The number of piperidine rings is 1. The number of amides is 1. The SMILES string of the molecule is COc1nccc(OC2CCN(C(=O)c3ccccc3I)CC2)n1. The van der Waals surface area contributed by atoms with Crippen LogP contribution in [0.25, 0.3) is 0 Å². The number of benzene rings is 1. The number of halogens is 1. The number of hydrogen-bond acceptors (Lipinski definition) is 5. The van der Waals surface area contributed by atoms with E-state index in [1.54, 1.807) is 12.3 Å². The summed E-state index contributed by atoms with van der Waals surface area (Å²) in [5, 5.41) is 0. The molecule has 2 heterocycles. The van der Waals surface area contributed by atoms with Crippen molar-refractivity contribution in [1.82, 2.24) is 14.9 Å². The van der Waals surface area contributed by atoms with E-state index in [0.717, 1.165) is 22.0 Å². The molecule has 0 unspecified atom stereocenters. The number of hydrogen-bond donors (Lipinski definition) is 0. The van der Waals surface area contributed by atoms with Gasteiger partial charge < -0.3 is 14.4 Å². The van der Waals surface area contributed by atoms with Crippen LogP contribution in [-0.2, 0) is 0 Å². The Kier molecular flexibility index (Phi) is 5.49. The first kappa shape index (κ1) is 16.9. The van der Waals surface area contributed by atoms with E-state index < -0.39 is 0 Å². The predicted octanol–water partition coefficient (Wildman–Crippen LogP) is 2.77. The number of carbonyl (C=O) groups excluding carboxylic acids is 1. The van der Waals surface area contributed by atoms with Gasteiger partial charge in [-0.2, -0.15) is 4.98 Å². The first-order chi connectivity index (χ1) is 11.7. The van der Waals surface area contributed by atoms with E-state index in [1.807, 2.05) is 29.2 Å². The maximum atomic E-state index is 12.6. The number of carbonyl (C=O) groups is 1. The minimum absolute atomic E-state index is 0.0449. The Morgan fingerprint density at radius 3 is 2.71 bits per heavy atom. The maximum Gasteiger partial charge on any atom is 0.319 e. The van der Waals surface area contributed by atoms with Crippen molar-refractivity contribution in [2.24, 2.45) is 0 Å². The van der Waals surface area contributed by atoms with Crippen molar-refractivity contribution in [2.75, 3.05) is 20.2 Å². The van der Waals surface area contributed by atoms with E-state index in [-0.39, 0.29) is 12.0 Å². The van der Waals surface area contributed by atoms with Gasteiger partial charge in [-0.15, -0.1) is 0 Å². The Balaban J connectivity index is 1.57. The molecule has 1 amide bonds. The monoisotopic (exact) mass is 439 g/mol. The molecule has 0 N–H and O–H groups in total. The highest BCUT2D eigenvalue weighted by Crippen LogP contribution is 2.21. The van der Waals surface area contributed by atoms with Gasteiger partial charge in [0.25, 0.3) is 5.91 Å². The summed E-state index contributed by atoms with van der Waals surface area (Å²) in [6, 6.07) is 9.67. The molecule has 2 aromatic rings. The molecule has 0 bridgehead atoms. The van der Waals surface area contributed by atoms with E-state index in [0.29, 0.717) is 25.0 Å². The summed E-state index contributed by atoms with van der Waals surface area (Å²) in [4.78, 5) is 22.6. The van der Waals surface area contributed by atoms with Gasteiger partial charge in [-0.05, 0) is 34.7 Å². The van der Waals surface area contributed by atoms with Crippen LogP contribution in [0.4, 0.5) is 0 Å². The van der Waals surface area contributed by atoms with E-state index in [2.05, 4.69) is 32.6 Å². The summed E-state index contributed by atoms with van der Waals surface area (Å²) < 4.78 is 11.9. The van der Waals surface area contributed by atoms with E-state index in [4.69, 9.17) is 9.47 Å². The second kappa shape index (κ2) is 7.78. The van der Waals surface area contributed by atoms with Gasteiger partial charge in [-0.1, -0.05) is 12.1 Å². The topological polar surface area (TPSA) is 64.6 Å².